The van der Waals surface area contributed by atoms with E-state index in [-0.39, 0.29) is 5.69 Å². The van der Waals surface area contributed by atoms with E-state index in [0.717, 1.165) is 17.5 Å². The Bertz CT molecular complexity index is 562. The average Bonchev–Trinajstić information content (AvgIpc) is 2.35. The van der Waals surface area contributed by atoms with Crippen LogP contribution in [0, 0.1) is 6.92 Å². The SMILES string of the molecule is CCCn1cc(C)c(-c2cncnc2)nc1=O. The van der Waals surface area contributed by atoms with E-state index in [1.807, 2.05) is 20.0 Å². The second kappa shape index (κ2) is 4.86. The maximum Gasteiger partial charge on any atom is 0.348 e. The molecule has 88 valence electrons. The van der Waals surface area contributed by atoms with Crippen molar-refractivity contribution >= 4 is 0 Å². The van der Waals surface area contributed by atoms with Gasteiger partial charge in [0.25, 0.3) is 0 Å². The summed E-state index contributed by atoms with van der Waals surface area (Å²) < 4.78 is 1.63. The van der Waals surface area contributed by atoms with E-state index in [9.17, 15) is 4.79 Å². The van der Waals surface area contributed by atoms with Crippen LogP contribution in [0.15, 0.2) is 29.7 Å². The van der Waals surface area contributed by atoms with Gasteiger partial charge in [0, 0.05) is 30.7 Å². The molecule has 0 saturated heterocycles. The summed E-state index contributed by atoms with van der Waals surface area (Å²) in [5.41, 5.74) is 2.15. The highest BCUT2D eigenvalue weighted by Crippen LogP contribution is 2.16. The van der Waals surface area contributed by atoms with Crippen molar-refractivity contribution in [1.82, 2.24) is 19.5 Å². The highest BCUT2D eigenvalue weighted by molar-refractivity contribution is 5.59. The Morgan fingerprint density at radius 2 is 2.00 bits per heavy atom. The lowest BCUT2D eigenvalue weighted by Gasteiger charge is -2.08. The maximum atomic E-state index is 11.8. The predicted molar refractivity (Wildman–Crippen MR) is 64.6 cm³/mol. The zero-order chi connectivity index (χ0) is 12.3. The molecule has 0 aliphatic heterocycles. The molecule has 5 heteroatoms. The van der Waals surface area contributed by atoms with E-state index < -0.39 is 0 Å². The van der Waals surface area contributed by atoms with Crippen LogP contribution >= 0.6 is 0 Å². The molecular weight excluding hydrogens is 216 g/mol. The number of rotatable bonds is 3. The Labute approximate surface area is 99.2 Å². The fraction of sp³-hybridized carbons (Fsp3) is 0.333. The molecule has 0 bridgehead atoms. The summed E-state index contributed by atoms with van der Waals surface area (Å²) in [6.07, 6.45) is 7.52. The summed E-state index contributed by atoms with van der Waals surface area (Å²) in [5, 5.41) is 0. The van der Waals surface area contributed by atoms with Gasteiger partial charge in [0.1, 0.15) is 6.33 Å². The third-order valence-electron chi connectivity index (χ3n) is 2.47. The van der Waals surface area contributed by atoms with E-state index in [2.05, 4.69) is 15.0 Å². The van der Waals surface area contributed by atoms with Crippen molar-refractivity contribution in [2.45, 2.75) is 26.8 Å². The van der Waals surface area contributed by atoms with Gasteiger partial charge in [-0.3, -0.25) is 4.57 Å². The summed E-state index contributed by atoms with van der Waals surface area (Å²) in [5.74, 6) is 0. The summed E-state index contributed by atoms with van der Waals surface area (Å²) in [7, 11) is 0. The first kappa shape index (κ1) is 11.4. The predicted octanol–water partition coefficient (Wildman–Crippen LogP) is 1.42. The standard InChI is InChI=1S/C12H14N4O/c1-3-4-16-7-9(2)11(15-12(16)17)10-5-13-8-14-6-10/h5-8H,3-4H2,1-2H3. The van der Waals surface area contributed by atoms with Crippen molar-refractivity contribution in [1.29, 1.82) is 0 Å². The molecular formula is C12H14N4O. The van der Waals surface area contributed by atoms with Crippen LogP contribution < -0.4 is 5.69 Å². The lowest BCUT2D eigenvalue weighted by atomic mass is 10.1. The van der Waals surface area contributed by atoms with Crippen molar-refractivity contribution in [3.8, 4) is 11.3 Å². The van der Waals surface area contributed by atoms with Gasteiger partial charge < -0.3 is 0 Å². The van der Waals surface area contributed by atoms with Gasteiger partial charge in [-0.25, -0.2) is 14.8 Å². The summed E-state index contributed by atoms with van der Waals surface area (Å²) in [6.45, 7) is 4.65. The first-order valence-electron chi connectivity index (χ1n) is 5.56. The zero-order valence-electron chi connectivity index (χ0n) is 9.92. The molecule has 0 spiro atoms. The number of hydrogen-bond acceptors (Lipinski definition) is 4. The molecule has 5 nitrogen and oxygen atoms in total. The van der Waals surface area contributed by atoms with Gasteiger partial charge in [-0.15, -0.1) is 0 Å². The van der Waals surface area contributed by atoms with Crippen LogP contribution in [0.1, 0.15) is 18.9 Å². The molecule has 0 aromatic carbocycles. The first-order valence-corrected chi connectivity index (χ1v) is 5.56. The fourth-order valence-corrected chi connectivity index (χ4v) is 1.71. The van der Waals surface area contributed by atoms with Crippen LogP contribution in [0.3, 0.4) is 0 Å². The molecule has 0 atom stereocenters. The largest absolute Gasteiger partial charge is 0.348 e. The van der Waals surface area contributed by atoms with Crippen LogP contribution in [-0.2, 0) is 6.54 Å². The number of aromatic nitrogens is 4. The van der Waals surface area contributed by atoms with Crippen LogP contribution in [0.2, 0.25) is 0 Å². The van der Waals surface area contributed by atoms with Gasteiger partial charge in [-0.2, -0.15) is 4.98 Å². The van der Waals surface area contributed by atoms with E-state index in [4.69, 9.17) is 0 Å². The van der Waals surface area contributed by atoms with Crippen molar-refractivity contribution in [2.24, 2.45) is 0 Å². The number of nitrogens with zero attached hydrogens (tertiary/aromatic N) is 4. The van der Waals surface area contributed by atoms with E-state index in [1.54, 1.807) is 17.0 Å². The topological polar surface area (TPSA) is 60.7 Å². The molecule has 17 heavy (non-hydrogen) atoms. The van der Waals surface area contributed by atoms with Gasteiger partial charge in [-0.1, -0.05) is 6.92 Å². The molecule has 2 rings (SSSR count). The molecule has 2 aromatic heterocycles. The van der Waals surface area contributed by atoms with Crippen molar-refractivity contribution in [3.05, 3.63) is 41.0 Å². The average molecular weight is 230 g/mol. The smallest absolute Gasteiger partial charge is 0.299 e. The summed E-state index contributed by atoms with van der Waals surface area (Å²) >= 11 is 0. The van der Waals surface area contributed by atoms with Crippen LogP contribution in [0.5, 0.6) is 0 Å². The normalized spacial score (nSPS) is 10.5. The molecule has 0 unspecified atom stereocenters. The van der Waals surface area contributed by atoms with Gasteiger partial charge in [-0.05, 0) is 18.9 Å². The van der Waals surface area contributed by atoms with Gasteiger partial charge in [0.05, 0.1) is 5.69 Å². The summed E-state index contributed by atoms with van der Waals surface area (Å²) in [6, 6.07) is 0. The number of aryl methyl sites for hydroxylation is 2. The molecule has 0 N–H and O–H groups in total. The van der Waals surface area contributed by atoms with E-state index in [1.165, 1.54) is 6.33 Å². The Kier molecular flexibility index (Phi) is 3.27. The van der Waals surface area contributed by atoms with Crippen molar-refractivity contribution < 1.29 is 0 Å². The Hall–Kier alpha value is -2.04. The molecule has 0 amide bonds. The summed E-state index contributed by atoms with van der Waals surface area (Å²) in [4.78, 5) is 23.7. The van der Waals surface area contributed by atoms with Gasteiger partial charge >= 0.3 is 5.69 Å². The molecule has 0 saturated carbocycles. The van der Waals surface area contributed by atoms with Crippen LogP contribution in [-0.4, -0.2) is 19.5 Å². The quantitative estimate of drug-likeness (QED) is 0.800. The van der Waals surface area contributed by atoms with Crippen molar-refractivity contribution in [2.75, 3.05) is 0 Å². The minimum absolute atomic E-state index is 0.226. The zero-order valence-corrected chi connectivity index (χ0v) is 9.92. The van der Waals surface area contributed by atoms with Gasteiger partial charge in [0.2, 0.25) is 0 Å². The Morgan fingerprint density at radius 1 is 1.29 bits per heavy atom. The molecule has 0 aliphatic rings. The Balaban J connectivity index is 2.51. The third-order valence-corrected chi connectivity index (χ3v) is 2.47. The second-order valence-corrected chi connectivity index (χ2v) is 3.88. The monoisotopic (exact) mass is 230 g/mol. The fourth-order valence-electron chi connectivity index (χ4n) is 1.71. The van der Waals surface area contributed by atoms with E-state index in [0.29, 0.717) is 12.2 Å². The molecule has 2 heterocycles. The van der Waals surface area contributed by atoms with Crippen LogP contribution in [0.4, 0.5) is 0 Å². The highest BCUT2D eigenvalue weighted by atomic mass is 16.1. The highest BCUT2D eigenvalue weighted by Gasteiger charge is 2.07. The first-order chi connectivity index (χ1) is 8.22. The molecule has 0 fully saturated rings. The lowest BCUT2D eigenvalue weighted by molar-refractivity contribution is 0.633. The minimum atomic E-state index is -0.226. The lowest BCUT2D eigenvalue weighted by Crippen LogP contribution is -2.23. The van der Waals surface area contributed by atoms with Gasteiger partial charge in [0.15, 0.2) is 0 Å². The molecule has 0 aliphatic carbocycles. The maximum absolute atomic E-state index is 11.8. The molecule has 0 radical (unpaired) electrons. The third kappa shape index (κ3) is 2.38. The van der Waals surface area contributed by atoms with E-state index >= 15 is 0 Å². The second-order valence-electron chi connectivity index (χ2n) is 3.88. The Morgan fingerprint density at radius 3 is 2.65 bits per heavy atom. The van der Waals surface area contributed by atoms with Crippen LogP contribution in [0.25, 0.3) is 11.3 Å². The minimum Gasteiger partial charge on any atom is -0.299 e. The van der Waals surface area contributed by atoms with Crippen molar-refractivity contribution in [3.63, 3.8) is 0 Å². The number of hydrogen-bond donors (Lipinski definition) is 0. The molecule has 2 aromatic rings.